The molecule has 25 heavy (non-hydrogen) atoms. The van der Waals surface area contributed by atoms with Gasteiger partial charge in [-0.2, -0.15) is 8.78 Å². The van der Waals surface area contributed by atoms with Crippen LogP contribution in [-0.4, -0.2) is 18.3 Å². The highest BCUT2D eigenvalue weighted by Crippen LogP contribution is 2.21. The third-order valence-corrected chi connectivity index (χ3v) is 4.59. The van der Waals surface area contributed by atoms with Gasteiger partial charge in [0, 0.05) is 10.8 Å². The van der Waals surface area contributed by atoms with E-state index in [1.165, 1.54) is 23.9 Å². The van der Waals surface area contributed by atoms with E-state index < -0.39 is 6.61 Å². The van der Waals surface area contributed by atoms with E-state index in [0.717, 1.165) is 5.56 Å². The Hall–Kier alpha value is -1.79. The molecular formula is C18H18ClF2NO2S. The van der Waals surface area contributed by atoms with Crippen molar-refractivity contribution in [3.63, 3.8) is 0 Å². The molecule has 0 aliphatic carbocycles. The van der Waals surface area contributed by atoms with Crippen molar-refractivity contribution < 1.29 is 18.3 Å². The summed E-state index contributed by atoms with van der Waals surface area (Å²) < 4.78 is 28.9. The minimum Gasteiger partial charge on any atom is -0.435 e. The van der Waals surface area contributed by atoms with Gasteiger partial charge in [-0.25, -0.2) is 0 Å². The Morgan fingerprint density at radius 2 is 2.00 bits per heavy atom. The predicted molar refractivity (Wildman–Crippen MR) is 97.2 cm³/mol. The summed E-state index contributed by atoms with van der Waals surface area (Å²) in [7, 11) is 0. The number of hydrogen-bond donors (Lipinski definition) is 1. The summed E-state index contributed by atoms with van der Waals surface area (Å²) in [5, 5.41) is 3.51. The molecular weight excluding hydrogens is 368 g/mol. The van der Waals surface area contributed by atoms with Crippen LogP contribution in [0.5, 0.6) is 5.75 Å². The SMILES string of the molecule is CC(NC(=O)CSCc1cccc(Cl)c1)c1cccc(OC(F)F)c1. The number of carbonyl (C=O) groups excluding carboxylic acids is 1. The number of hydrogen-bond acceptors (Lipinski definition) is 3. The molecule has 3 nitrogen and oxygen atoms in total. The second-order valence-corrected chi connectivity index (χ2v) is 6.78. The summed E-state index contributed by atoms with van der Waals surface area (Å²) in [5.74, 6) is 0.924. The molecule has 7 heteroatoms. The van der Waals surface area contributed by atoms with E-state index in [9.17, 15) is 13.6 Å². The molecule has 0 heterocycles. The summed E-state index contributed by atoms with van der Waals surface area (Å²) in [4.78, 5) is 12.0. The van der Waals surface area contributed by atoms with E-state index in [1.807, 2.05) is 18.2 Å². The van der Waals surface area contributed by atoms with Crippen LogP contribution in [0.3, 0.4) is 0 Å². The maximum Gasteiger partial charge on any atom is 0.387 e. The van der Waals surface area contributed by atoms with E-state index in [-0.39, 0.29) is 17.7 Å². The molecule has 0 aliphatic rings. The van der Waals surface area contributed by atoms with Crippen LogP contribution in [0.25, 0.3) is 0 Å². The second kappa shape index (κ2) is 9.63. The van der Waals surface area contributed by atoms with Crippen molar-refractivity contribution in [2.75, 3.05) is 5.75 Å². The summed E-state index contributed by atoms with van der Waals surface area (Å²) in [6.45, 7) is -1.08. The number of carbonyl (C=O) groups is 1. The van der Waals surface area contributed by atoms with Gasteiger partial charge in [-0.1, -0.05) is 35.9 Å². The monoisotopic (exact) mass is 385 g/mol. The fourth-order valence-electron chi connectivity index (χ4n) is 2.21. The first kappa shape index (κ1) is 19.5. The highest BCUT2D eigenvalue weighted by molar-refractivity contribution is 7.99. The van der Waals surface area contributed by atoms with Crippen molar-refractivity contribution in [1.82, 2.24) is 5.32 Å². The first-order chi connectivity index (χ1) is 11.9. The number of nitrogens with one attached hydrogen (secondary N) is 1. The van der Waals surface area contributed by atoms with Gasteiger partial charge < -0.3 is 10.1 Å². The summed E-state index contributed by atoms with van der Waals surface area (Å²) >= 11 is 7.40. The third-order valence-electron chi connectivity index (χ3n) is 3.35. The molecule has 0 saturated carbocycles. The molecule has 134 valence electrons. The van der Waals surface area contributed by atoms with Gasteiger partial charge in [0.1, 0.15) is 5.75 Å². The Kier molecular flexibility index (Phi) is 7.52. The molecule has 0 bridgehead atoms. The highest BCUT2D eigenvalue weighted by Gasteiger charge is 2.12. The van der Waals surface area contributed by atoms with Crippen molar-refractivity contribution in [1.29, 1.82) is 0 Å². The topological polar surface area (TPSA) is 38.3 Å². The molecule has 0 aromatic heterocycles. The summed E-state index contributed by atoms with van der Waals surface area (Å²) in [6, 6.07) is 13.5. The van der Waals surface area contributed by atoms with Gasteiger partial charge in [-0.05, 0) is 42.3 Å². The van der Waals surface area contributed by atoms with Gasteiger partial charge in [0.05, 0.1) is 11.8 Å². The van der Waals surface area contributed by atoms with Crippen LogP contribution in [0.15, 0.2) is 48.5 Å². The minimum atomic E-state index is -2.87. The predicted octanol–water partition coefficient (Wildman–Crippen LogP) is 5.05. The van der Waals surface area contributed by atoms with E-state index in [4.69, 9.17) is 11.6 Å². The number of amides is 1. The average molecular weight is 386 g/mol. The molecule has 0 aliphatic heterocycles. The minimum absolute atomic E-state index is 0.0731. The van der Waals surface area contributed by atoms with Gasteiger partial charge in [-0.15, -0.1) is 11.8 Å². The zero-order chi connectivity index (χ0) is 18.2. The average Bonchev–Trinajstić information content (AvgIpc) is 2.54. The molecule has 0 radical (unpaired) electrons. The Morgan fingerprint density at radius 3 is 2.72 bits per heavy atom. The van der Waals surface area contributed by atoms with Crippen LogP contribution >= 0.6 is 23.4 Å². The molecule has 1 amide bonds. The largest absolute Gasteiger partial charge is 0.435 e. The fourth-order valence-corrected chi connectivity index (χ4v) is 3.21. The number of ether oxygens (including phenoxy) is 1. The highest BCUT2D eigenvalue weighted by atomic mass is 35.5. The number of benzene rings is 2. The second-order valence-electron chi connectivity index (χ2n) is 5.36. The molecule has 0 saturated heterocycles. The van der Waals surface area contributed by atoms with Crippen molar-refractivity contribution in [2.45, 2.75) is 25.3 Å². The summed E-state index contributed by atoms with van der Waals surface area (Å²) in [6.07, 6.45) is 0. The zero-order valence-corrected chi connectivity index (χ0v) is 15.1. The van der Waals surface area contributed by atoms with Crippen LogP contribution in [0.4, 0.5) is 8.78 Å². The molecule has 2 aromatic carbocycles. The van der Waals surface area contributed by atoms with Crippen molar-refractivity contribution >= 4 is 29.3 Å². The molecule has 0 fully saturated rings. The van der Waals surface area contributed by atoms with Crippen LogP contribution in [-0.2, 0) is 10.5 Å². The lowest BCUT2D eigenvalue weighted by Crippen LogP contribution is -2.28. The lowest BCUT2D eigenvalue weighted by Gasteiger charge is -2.15. The molecule has 1 atom stereocenters. The molecule has 2 aromatic rings. The molecule has 1 N–H and O–H groups in total. The zero-order valence-electron chi connectivity index (χ0n) is 13.5. The summed E-state index contributed by atoms with van der Waals surface area (Å²) in [5.41, 5.74) is 1.75. The first-order valence-electron chi connectivity index (χ1n) is 7.60. The first-order valence-corrected chi connectivity index (χ1v) is 9.13. The van der Waals surface area contributed by atoms with Crippen molar-refractivity contribution in [3.05, 3.63) is 64.7 Å². The number of halogens is 3. The Labute approximate surface area is 154 Å². The van der Waals surface area contributed by atoms with Crippen LogP contribution in [0.2, 0.25) is 5.02 Å². The van der Waals surface area contributed by atoms with Crippen LogP contribution in [0, 0.1) is 0 Å². The van der Waals surface area contributed by atoms with E-state index in [0.29, 0.717) is 22.1 Å². The lowest BCUT2D eigenvalue weighted by atomic mass is 10.1. The van der Waals surface area contributed by atoms with Crippen LogP contribution in [0.1, 0.15) is 24.1 Å². The normalized spacial score (nSPS) is 12.0. The van der Waals surface area contributed by atoms with Gasteiger partial charge in [0.15, 0.2) is 0 Å². The van der Waals surface area contributed by atoms with Crippen molar-refractivity contribution in [3.8, 4) is 5.75 Å². The quantitative estimate of drug-likeness (QED) is 0.690. The Bertz CT molecular complexity index is 715. The smallest absolute Gasteiger partial charge is 0.387 e. The molecule has 2 rings (SSSR count). The number of rotatable bonds is 8. The number of alkyl halides is 2. The maximum atomic E-state index is 12.3. The van der Waals surface area contributed by atoms with Gasteiger partial charge in [0.2, 0.25) is 5.91 Å². The van der Waals surface area contributed by atoms with Crippen molar-refractivity contribution in [2.24, 2.45) is 0 Å². The fraction of sp³-hybridized carbons (Fsp3) is 0.278. The third kappa shape index (κ3) is 6.92. The Balaban J connectivity index is 1.81. The van der Waals surface area contributed by atoms with E-state index >= 15 is 0 Å². The molecule has 1 unspecified atom stereocenters. The lowest BCUT2D eigenvalue weighted by molar-refractivity contribution is -0.119. The number of thioether (sulfide) groups is 1. The van der Waals surface area contributed by atoms with Gasteiger partial charge >= 0.3 is 6.61 Å². The standard InChI is InChI=1S/C18H18ClF2NO2S/c1-12(14-5-3-7-16(9-14)24-18(20)21)22-17(23)11-25-10-13-4-2-6-15(19)8-13/h2-9,12,18H,10-11H2,1H3,(H,22,23). The molecule has 0 spiro atoms. The van der Waals surface area contributed by atoms with E-state index in [2.05, 4.69) is 10.1 Å². The maximum absolute atomic E-state index is 12.3. The van der Waals surface area contributed by atoms with Gasteiger partial charge in [0.25, 0.3) is 0 Å². The van der Waals surface area contributed by atoms with Crippen LogP contribution < -0.4 is 10.1 Å². The van der Waals surface area contributed by atoms with Gasteiger partial charge in [-0.3, -0.25) is 4.79 Å². The Morgan fingerprint density at radius 1 is 1.24 bits per heavy atom. The van der Waals surface area contributed by atoms with E-state index in [1.54, 1.807) is 25.1 Å².